The molecule has 0 spiro atoms. The van der Waals surface area contributed by atoms with Crippen molar-refractivity contribution in [3.05, 3.63) is 34.7 Å². The number of amides is 3. The van der Waals surface area contributed by atoms with Crippen LogP contribution in [0.5, 0.6) is 0 Å². The summed E-state index contributed by atoms with van der Waals surface area (Å²) < 4.78 is 0.478. The smallest absolute Gasteiger partial charge is 0.267 e. The molecule has 3 rings (SSSR count). The number of para-hydroxylation sites is 1. The molecule has 2 aliphatic rings. The number of carbonyl (C=O) groups is 3. The number of carbonyl (C=O) groups excluding carboxylic acids is 3. The third kappa shape index (κ3) is 4.23. The zero-order chi connectivity index (χ0) is 21.1. The summed E-state index contributed by atoms with van der Waals surface area (Å²) in [7, 11) is 0. The van der Waals surface area contributed by atoms with Gasteiger partial charge in [0.05, 0.1) is 16.2 Å². The third-order valence-electron chi connectivity index (χ3n) is 5.30. The fourth-order valence-electron chi connectivity index (χ4n) is 3.69. The van der Waals surface area contributed by atoms with Gasteiger partial charge in [0.15, 0.2) is 0 Å². The Morgan fingerprint density at radius 3 is 2.55 bits per heavy atom. The standard InChI is InChI=1S/C21H25N3O3S2/c1-3-5-8-13(4-2)11-24-20(27)18(29-21(24)28)17-14-9-6-7-10-15(14)23(19(17)26)12-16(22)25/h6-7,9-10,13H,3-5,8,11-12H2,1-2H3,(H2,22,25)/b18-17+/t13-/m0/s1. The Bertz CT molecular complexity index is 897. The highest BCUT2D eigenvalue weighted by Crippen LogP contribution is 2.44. The SMILES string of the molecule is CCCC[C@H](CC)CN1C(=O)/C(=C2\C(=O)N(CC(N)=O)c3ccccc32)SC1=S. The summed E-state index contributed by atoms with van der Waals surface area (Å²) in [6, 6.07) is 7.13. The Balaban J connectivity index is 1.95. The van der Waals surface area contributed by atoms with Gasteiger partial charge in [-0.1, -0.05) is 75.3 Å². The Morgan fingerprint density at radius 2 is 1.90 bits per heavy atom. The van der Waals surface area contributed by atoms with E-state index in [9.17, 15) is 14.4 Å². The van der Waals surface area contributed by atoms with Gasteiger partial charge in [-0.25, -0.2) is 0 Å². The molecule has 0 aromatic heterocycles. The first kappa shape index (κ1) is 21.5. The van der Waals surface area contributed by atoms with E-state index in [0.717, 1.165) is 25.7 Å². The van der Waals surface area contributed by atoms with E-state index in [0.29, 0.717) is 38.5 Å². The predicted molar refractivity (Wildman–Crippen MR) is 120 cm³/mol. The van der Waals surface area contributed by atoms with E-state index < -0.39 is 5.91 Å². The van der Waals surface area contributed by atoms with Crippen LogP contribution in [0.2, 0.25) is 0 Å². The van der Waals surface area contributed by atoms with Crippen molar-refractivity contribution in [2.75, 3.05) is 18.0 Å². The maximum absolute atomic E-state index is 13.2. The summed E-state index contributed by atoms with van der Waals surface area (Å²) in [6.07, 6.45) is 4.24. The van der Waals surface area contributed by atoms with E-state index in [4.69, 9.17) is 18.0 Å². The first-order valence-corrected chi connectivity index (χ1v) is 11.1. The summed E-state index contributed by atoms with van der Waals surface area (Å²) in [5.41, 5.74) is 6.86. The third-order valence-corrected chi connectivity index (χ3v) is 6.75. The van der Waals surface area contributed by atoms with Gasteiger partial charge in [-0.2, -0.15) is 0 Å². The second kappa shape index (κ2) is 9.09. The number of fused-ring (bicyclic) bond motifs is 1. The molecule has 0 radical (unpaired) electrons. The lowest BCUT2D eigenvalue weighted by Crippen LogP contribution is -2.36. The Hall–Kier alpha value is -2.19. The van der Waals surface area contributed by atoms with Crippen LogP contribution in [0.1, 0.15) is 45.1 Å². The molecular formula is C21H25N3O3S2. The molecule has 1 aromatic carbocycles. The Morgan fingerprint density at radius 1 is 1.17 bits per heavy atom. The zero-order valence-electron chi connectivity index (χ0n) is 16.6. The monoisotopic (exact) mass is 431 g/mol. The minimum Gasteiger partial charge on any atom is -0.368 e. The summed E-state index contributed by atoms with van der Waals surface area (Å²) in [6.45, 7) is 4.61. The molecule has 6 nitrogen and oxygen atoms in total. The van der Waals surface area contributed by atoms with Crippen molar-refractivity contribution in [3.8, 4) is 0 Å². The highest BCUT2D eigenvalue weighted by Gasteiger charge is 2.42. The second-order valence-electron chi connectivity index (χ2n) is 7.28. The molecule has 1 saturated heterocycles. The van der Waals surface area contributed by atoms with Crippen molar-refractivity contribution < 1.29 is 14.4 Å². The molecule has 8 heteroatoms. The van der Waals surface area contributed by atoms with Gasteiger partial charge in [-0.3, -0.25) is 24.2 Å². The highest BCUT2D eigenvalue weighted by atomic mass is 32.2. The van der Waals surface area contributed by atoms with Gasteiger partial charge in [-0.15, -0.1) is 0 Å². The lowest BCUT2D eigenvalue weighted by atomic mass is 9.98. The lowest BCUT2D eigenvalue weighted by Gasteiger charge is -2.21. The van der Waals surface area contributed by atoms with Gasteiger partial charge in [0.1, 0.15) is 10.9 Å². The summed E-state index contributed by atoms with van der Waals surface area (Å²) >= 11 is 6.65. The maximum Gasteiger partial charge on any atom is 0.267 e. The van der Waals surface area contributed by atoms with Crippen molar-refractivity contribution >= 4 is 57.3 Å². The molecule has 29 heavy (non-hydrogen) atoms. The molecule has 1 atom stereocenters. The largest absolute Gasteiger partial charge is 0.368 e. The first-order chi connectivity index (χ1) is 13.9. The van der Waals surface area contributed by atoms with Crippen LogP contribution in [-0.2, 0) is 14.4 Å². The van der Waals surface area contributed by atoms with Crippen molar-refractivity contribution in [2.45, 2.75) is 39.5 Å². The van der Waals surface area contributed by atoms with Crippen LogP contribution in [0.25, 0.3) is 5.57 Å². The number of nitrogens with zero attached hydrogens (tertiary/aromatic N) is 2. The number of unbranched alkanes of at least 4 members (excludes halogenated alkanes) is 1. The van der Waals surface area contributed by atoms with Crippen LogP contribution in [-0.4, -0.2) is 40.0 Å². The molecule has 154 valence electrons. The predicted octanol–water partition coefficient (Wildman–Crippen LogP) is 3.31. The molecule has 2 heterocycles. The fraction of sp³-hybridized carbons (Fsp3) is 0.429. The number of hydrogen-bond donors (Lipinski definition) is 1. The van der Waals surface area contributed by atoms with E-state index in [1.165, 1.54) is 16.7 Å². The minimum atomic E-state index is -0.608. The van der Waals surface area contributed by atoms with Crippen molar-refractivity contribution in [1.82, 2.24) is 4.90 Å². The summed E-state index contributed by atoms with van der Waals surface area (Å²) in [4.78, 5) is 41.1. The molecular weight excluding hydrogens is 406 g/mol. The molecule has 0 unspecified atom stereocenters. The maximum atomic E-state index is 13.2. The number of hydrogen-bond acceptors (Lipinski definition) is 5. The number of thiocarbonyl (C=S) groups is 1. The second-order valence-corrected chi connectivity index (χ2v) is 8.92. The Kier molecular flexibility index (Phi) is 6.74. The molecule has 0 bridgehead atoms. The van der Waals surface area contributed by atoms with Crippen LogP contribution >= 0.6 is 24.0 Å². The van der Waals surface area contributed by atoms with Crippen LogP contribution in [0, 0.1) is 5.92 Å². The number of rotatable bonds is 8. The van der Waals surface area contributed by atoms with Crippen LogP contribution in [0.15, 0.2) is 29.2 Å². The van der Waals surface area contributed by atoms with Crippen LogP contribution < -0.4 is 10.6 Å². The fourth-order valence-corrected chi connectivity index (χ4v) is 5.04. The average molecular weight is 432 g/mol. The Labute approximate surface area is 180 Å². The van der Waals surface area contributed by atoms with Gasteiger partial charge in [0, 0.05) is 12.1 Å². The molecule has 0 aliphatic carbocycles. The van der Waals surface area contributed by atoms with Crippen molar-refractivity contribution in [2.24, 2.45) is 11.7 Å². The van der Waals surface area contributed by atoms with Gasteiger partial charge >= 0.3 is 0 Å². The number of nitrogens with two attached hydrogens (primary N) is 1. The normalized spacial score (nSPS) is 19.9. The molecule has 2 N–H and O–H groups in total. The molecule has 1 fully saturated rings. The topological polar surface area (TPSA) is 83.7 Å². The molecule has 3 amide bonds. The number of thioether (sulfide) groups is 1. The summed E-state index contributed by atoms with van der Waals surface area (Å²) in [5.74, 6) is -0.846. The number of benzene rings is 1. The highest BCUT2D eigenvalue weighted by molar-refractivity contribution is 8.26. The number of primary amides is 1. The quantitative estimate of drug-likeness (QED) is 0.504. The molecule has 0 saturated carbocycles. The van der Waals surface area contributed by atoms with Crippen LogP contribution in [0.3, 0.4) is 0 Å². The van der Waals surface area contributed by atoms with E-state index in [-0.39, 0.29) is 18.4 Å². The zero-order valence-corrected chi connectivity index (χ0v) is 18.3. The van der Waals surface area contributed by atoms with E-state index in [1.54, 1.807) is 29.2 Å². The van der Waals surface area contributed by atoms with Crippen LogP contribution in [0.4, 0.5) is 5.69 Å². The lowest BCUT2D eigenvalue weighted by molar-refractivity contribution is -0.123. The van der Waals surface area contributed by atoms with Crippen molar-refractivity contribution in [3.63, 3.8) is 0 Å². The van der Waals surface area contributed by atoms with Crippen molar-refractivity contribution in [1.29, 1.82) is 0 Å². The van der Waals surface area contributed by atoms with Gasteiger partial charge in [0.25, 0.3) is 11.8 Å². The van der Waals surface area contributed by atoms with Gasteiger partial charge < -0.3 is 5.73 Å². The molecule has 1 aromatic rings. The van der Waals surface area contributed by atoms with E-state index in [1.807, 2.05) is 0 Å². The van der Waals surface area contributed by atoms with E-state index >= 15 is 0 Å². The van der Waals surface area contributed by atoms with E-state index in [2.05, 4.69) is 13.8 Å². The molecule has 2 aliphatic heterocycles. The first-order valence-electron chi connectivity index (χ1n) is 9.86. The average Bonchev–Trinajstić information content (AvgIpc) is 3.12. The minimum absolute atomic E-state index is 0.228. The van der Waals surface area contributed by atoms with Gasteiger partial charge in [-0.05, 0) is 18.4 Å². The van der Waals surface area contributed by atoms with Gasteiger partial charge in [0.2, 0.25) is 5.91 Å². The number of anilines is 1. The summed E-state index contributed by atoms with van der Waals surface area (Å²) in [5, 5.41) is 0.